The second-order valence-corrected chi connectivity index (χ2v) is 2.03. The van der Waals surface area contributed by atoms with Gasteiger partial charge in [-0.2, -0.15) is 0 Å². The van der Waals surface area contributed by atoms with Crippen molar-refractivity contribution in [3.8, 4) is 16.9 Å². The summed E-state index contributed by atoms with van der Waals surface area (Å²) in [6.45, 7) is 0. The van der Waals surface area contributed by atoms with Gasteiger partial charge in [0.15, 0.2) is 0 Å². The van der Waals surface area contributed by atoms with Crippen LogP contribution in [0.25, 0.3) is 11.1 Å². The van der Waals surface area contributed by atoms with Crippen LogP contribution in [0.4, 0.5) is 0 Å². The lowest BCUT2D eigenvalue weighted by Crippen LogP contribution is -1.96. The van der Waals surface area contributed by atoms with Crippen LogP contribution in [0.5, 0.6) is 5.75 Å². The number of ether oxygens (including phenoxy) is 1. The number of hydrogen-bond donors (Lipinski definition) is 2. The highest BCUT2D eigenvalue weighted by molar-refractivity contribution is 6.13. The van der Waals surface area contributed by atoms with Gasteiger partial charge in [0.05, 0.1) is 7.11 Å². The largest absolute Gasteiger partial charge is 0.496 e. The van der Waals surface area contributed by atoms with Gasteiger partial charge >= 0.3 is 7.69 Å². The maximum Gasteiger partial charge on any atom is 0.482 e. The van der Waals surface area contributed by atoms with E-state index in [1.165, 1.54) is 11.1 Å². The Kier molecular flexibility index (Phi) is 2.51. The lowest BCUT2D eigenvalue weighted by atomic mass is 9.92. The van der Waals surface area contributed by atoms with Gasteiger partial charge in [0.2, 0.25) is 0 Å². The van der Waals surface area contributed by atoms with Crippen LogP contribution >= 0.6 is 0 Å². The predicted octanol–water partition coefficient (Wildman–Crippen LogP) is 0.181. The van der Waals surface area contributed by atoms with Crippen molar-refractivity contribution in [1.82, 2.24) is 0 Å². The highest BCUT2D eigenvalue weighted by Gasteiger charge is 2.15. The Morgan fingerprint density at radius 1 is 1.36 bits per heavy atom. The molecule has 0 aliphatic heterocycles. The van der Waals surface area contributed by atoms with Gasteiger partial charge in [-0.25, -0.2) is 0 Å². The summed E-state index contributed by atoms with van der Waals surface area (Å²) in [4.78, 5) is 0. The normalized spacial score (nSPS) is 9.36. The Morgan fingerprint density at radius 3 is 2.09 bits per heavy atom. The fraction of sp³-hybridized carbons (Fsp3) is 0.143. The third-order valence-corrected chi connectivity index (χ3v) is 1.51. The molecule has 1 radical (unpaired) electrons. The number of benzene rings is 1. The van der Waals surface area contributed by atoms with Crippen LogP contribution in [-0.2, 0) is 0 Å². The minimum Gasteiger partial charge on any atom is -0.496 e. The van der Waals surface area contributed by atoms with Gasteiger partial charge in [-0.3, -0.25) is 0 Å². The van der Waals surface area contributed by atoms with E-state index in [4.69, 9.17) is 14.8 Å². The third kappa shape index (κ3) is 1.36. The highest BCUT2D eigenvalue weighted by atomic mass is 16.5. The van der Waals surface area contributed by atoms with Crippen LogP contribution in [0, 0.1) is 0 Å². The van der Waals surface area contributed by atoms with Crippen LogP contribution in [0.3, 0.4) is 0 Å². The maximum absolute atomic E-state index is 7.00. The van der Waals surface area contributed by atoms with Crippen molar-refractivity contribution in [2.24, 2.45) is 0 Å². The van der Waals surface area contributed by atoms with Crippen molar-refractivity contribution in [1.29, 1.82) is 0 Å². The van der Waals surface area contributed by atoms with E-state index in [-0.39, 0.29) is 7.69 Å². The van der Waals surface area contributed by atoms with Crippen molar-refractivity contribution in [3.05, 3.63) is 18.2 Å². The maximum atomic E-state index is 7.00. The summed E-state index contributed by atoms with van der Waals surface area (Å²) in [5, 5.41) is 14.0. The summed E-state index contributed by atoms with van der Waals surface area (Å²) in [6.07, 6.45) is 0. The Hall–Kier alpha value is -0.995. The molecule has 0 spiro atoms. The second kappa shape index (κ2) is 3.41. The molecule has 0 amide bonds. The molecule has 3 nitrogen and oxygen atoms in total. The molecule has 2 aliphatic carbocycles. The molecule has 0 aromatic heterocycles. The van der Waals surface area contributed by atoms with E-state index < -0.39 is 0 Å². The quantitative estimate of drug-likeness (QED) is 0.571. The van der Waals surface area contributed by atoms with Gasteiger partial charge in [0.1, 0.15) is 5.75 Å². The smallest absolute Gasteiger partial charge is 0.482 e. The summed E-state index contributed by atoms with van der Waals surface area (Å²) in [7, 11) is 1.70. The van der Waals surface area contributed by atoms with Crippen LogP contribution < -0.4 is 4.74 Å². The van der Waals surface area contributed by atoms with Gasteiger partial charge < -0.3 is 14.8 Å². The number of fused-ring (bicyclic) bond motifs is 1. The molecule has 4 heteroatoms. The molecule has 0 bridgehead atoms. The summed E-state index contributed by atoms with van der Waals surface area (Å²) >= 11 is 0. The van der Waals surface area contributed by atoms with E-state index in [0.29, 0.717) is 0 Å². The molecule has 0 heterocycles. The van der Waals surface area contributed by atoms with Crippen LogP contribution in [0.15, 0.2) is 18.2 Å². The molecule has 0 saturated heterocycles. The summed E-state index contributed by atoms with van der Waals surface area (Å²) in [6, 6.07) is 6.18. The SMILES string of the molecule is COc1cc2ccc1-2.O[B]O. The second-order valence-electron chi connectivity index (χ2n) is 2.03. The van der Waals surface area contributed by atoms with E-state index in [1.807, 2.05) is 6.07 Å². The molecule has 2 N–H and O–H groups in total. The fourth-order valence-corrected chi connectivity index (χ4v) is 0.923. The molecule has 57 valence electrons. The van der Waals surface area contributed by atoms with Gasteiger partial charge in [-0.1, -0.05) is 12.1 Å². The molecule has 0 saturated carbocycles. The summed E-state index contributed by atoms with van der Waals surface area (Å²) in [5.74, 6) is 1.03. The molecule has 0 fully saturated rings. The van der Waals surface area contributed by atoms with Gasteiger partial charge in [-0.05, 0) is 11.6 Å². The van der Waals surface area contributed by atoms with Crippen LogP contribution in [0.2, 0.25) is 0 Å². The third-order valence-electron chi connectivity index (χ3n) is 1.51. The fourth-order valence-electron chi connectivity index (χ4n) is 0.923. The zero-order chi connectivity index (χ0) is 8.27. The van der Waals surface area contributed by atoms with Crippen LogP contribution in [0.1, 0.15) is 0 Å². The first kappa shape index (κ1) is 8.10. The predicted molar refractivity (Wildman–Crippen MR) is 42.2 cm³/mol. The molecular formula is C7H8BO3. The Labute approximate surface area is 65.6 Å². The molecular weight excluding hydrogens is 143 g/mol. The molecule has 11 heavy (non-hydrogen) atoms. The standard InChI is InChI=1S/C7H6O.BH2O2/c1-8-7-4-5-2-3-6(5)7;2-1-3/h2-4H,1H3;2-3H. The number of hydrogen-bond acceptors (Lipinski definition) is 3. The van der Waals surface area contributed by atoms with E-state index in [1.54, 1.807) is 7.11 Å². The minimum atomic E-state index is 0. The van der Waals surface area contributed by atoms with Crippen molar-refractivity contribution in [2.75, 3.05) is 7.11 Å². The Morgan fingerprint density at radius 2 is 2.00 bits per heavy atom. The lowest BCUT2D eigenvalue weighted by molar-refractivity contribution is 0.412. The molecule has 0 atom stereocenters. The van der Waals surface area contributed by atoms with Gasteiger partial charge in [-0.15, -0.1) is 0 Å². The molecule has 0 aromatic rings. The van der Waals surface area contributed by atoms with E-state index >= 15 is 0 Å². The average molecular weight is 151 g/mol. The van der Waals surface area contributed by atoms with Crippen LogP contribution in [-0.4, -0.2) is 24.8 Å². The Balaban J connectivity index is 0.000000179. The van der Waals surface area contributed by atoms with E-state index in [9.17, 15) is 0 Å². The van der Waals surface area contributed by atoms with Gasteiger partial charge in [0.25, 0.3) is 0 Å². The first-order chi connectivity index (χ1) is 5.33. The first-order valence-electron chi connectivity index (χ1n) is 3.12. The van der Waals surface area contributed by atoms with Crippen molar-refractivity contribution in [2.45, 2.75) is 0 Å². The number of methoxy groups -OCH3 is 1. The molecule has 0 aromatic carbocycles. The molecule has 2 rings (SSSR count). The van der Waals surface area contributed by atoms with Crippen molar-refractivity contribution in [3.63, 3.8) is 0 Å². The average Bonchev–Trinajstić information content (AvgIpc) is 1.96. The Bertz CT molecular complexity index is 249. The van der Waals surface area contributed by atoms with E-state index in [2.05, 4.69) is 12.1 Å². The van der Waals surface area contributed by atoms with E-state index in [0.717, 1.165) is 5.75 Å². The molecule has 2 aliphatic rings. The lowest BCUT2D eigenvalue weighted by Gasteiger charge is -2.18. The highest BCUT2D eigenvalue weighted by Crippen LogP contribution is 2.42. The zero-order valence-electron chi connectivity index (χ0n) is 6.11. The van der Waals surface area contributed by atoms with Crippen molar-refractivity contribution < 1.29 is 14.8 Å². The topological polar surface area (TPSA) is 49.7 Å². The first-order valence-corrected chi connectivity index (χ1v) is 3.12. The number of rotatable bonds is 1. The summed E-state index contributed by atoms with van der Waals surface area (Å²) in [5.41, 5.74) is 2.62. The van der Waals surface area contributed by atoms with Gasteiger partial charge in [0, 0.05) is 5.56 Å². The monoisotopic (exact) mass is 151 g/mol. The molecule has 0 unspecified atom stereocenters. The minimum absolute atomic E-state index is 0. The summed E-state index contributed by atoms with van der Waals surface area (Å²) < 4.78 is 4.97. The van der Waals surface area contributed by atoms with Crippen molar-refractivity contribution >= 4 is 7.69 Å². The zero-order valence-corrected chi connectivity index (χ0v) is 6.11.